The molecule has 22 heavy (non-hydrogen) atoms. The maximum absolute atomic E-state index is 12.5. The molecule has 1 amide bonds. The third-order valence-corrected chi connectivity index (χ3v) is 4.84. The number of nitrogens with zero attached hydrogens (tertiary/aromatic N) is 1. The Labute approximate surface area is 135 Å². The largest absolute Gasteiger partial charge is 0.341 e. The molecule has 1 fully saturated rings. The fraction of sp³-hybridized carbons (Fsp3) is 0.632. The van der Waals surface area contributed by atoms with E-state index in [2.05, 4.69) is 50.4 Å². The Kier molecular flexibility index (Phi) is 6.01. The summed E-state index contributed by atoms with van der Waals surface area (Å²) in [6, 6.07) is 9.20. The standard InChI is InChI=1S/C19H30N2O/c1-14(2)16-7-9-17(10-8-16)15(3)12-19(22)21-11-5-6-18(13-21)20-4/h7-10,14-15,18,20H,5-6,11-13H2,1-4H3. The summed E-state index contributed by atoms with van der Waals surface area (Å²) in [5.41, 5.74) is 2.62. The van der Waals surface area contributed by atoms with Gasteiger partial charge in [0.25, 0.3) is 0 Å². The lowest BCUT2D eigenvalue weighted by molar-refractivity contribution is -0.132. The number of carbonyl (C=O) groups is 1. The van der Waals surface area contributed by atoms with Crippen LogP contribution in [0.4, 0.5) is 0 Å². The Morgan fingerprint density at radius 1 is 1.23 bits per heavy atom. The normalized spacial score (nSPS) is 20.2. The van der Waals surface area contributed by atoms with Crippen molar-refractivity contribution in [1.29, 1.82) is 0 Å². The SMILES string of the molecule is CNC1CCCN(C(=O)CC(C)c2ccc(C(C)C)cc2)C1. The van der Waals surface area contributed by atoms with E-state index in [1.54, 1.807) is 0 Å². The quantitative estimate of drug-likeness (QED) is 0.902. The van der Waals surface area contributed by atoms with E-state index >= 15 is 0 Å². The first kappa shape index (κ1) is 17.0. The molecule has 1 aliphatic rings. The summed E-state index contributed by atoms with van der Waals surface area (Å²) in [5, 5.41) is 3.30. The van der Waals surface area contributed by atoms with Gasteiger partial charge in [-0.05, 0) is 42.9 Å². The number of carbonyl (C=O) groups excluding carboxylic acids is 1. The van der Waals surface area contributed by atoms with Gasteiger partial charge >= 0.3 is 0 Å². The number of amides is 1. The van der Waals surface area contributed by atoms with Crippen LogP contribution in [0.25, 0.3) is 0 Å². The molecule has 0 aliphatic carbocycles. The Bertz CT molecular complexity index is 481. The molecule has 1 heterocycles. The van der Waals surface area contributed by atoms with Crippen molar-refractivity contribution in [2.45, 2.75) is 57.9 Å². The second kappa shape index (κ2) is 7.77. The van der Waals surface area contributed by atoms with Crippen LogP contribution in [0.5, 0.6) is 0 Å². The first-order valence-corrected chi connectivity index (χ1v) is 8.56. The van der Waals surface area contributed by atoms with E-state index in [-0.39, 0.29) is 5.92 Å². The highest BCUT2D eigenvalue weighted by molar-refractivity contribution is 5.77. The van der Waals surface area contributed by atoms with Crippen LogP contribution in [0.15, 0.2) is 24.3 Å². The number of rotatable bonds is 5. The van der Waals surface area contributed by atoms with Crippen molar-refractivity contribution < 1.29 is 4.79 Å². The molecule has 3 heteroatoms. The second-order valence-corrected chi connectivity index (χ2v) is 6.89. The van der Waals surface area contributed by atoms with Crippen molar-refractivity contribution in [2.24, 2.45) is 0 Å². The molecule has 3 nitrogen and oxygen atoms in total. The Hall–Kier alpha value is -1.35. The Balaban J connectivity index is 1.93. The van der Waals surface area contributed by atoms with Gasteiger partial charge in [-0.3, -0.25) is 4.79 Å². The number of benzene rings is 1. The summed E-state index contributed by atoms with van der Waals surface area (Å²) in [6.45, 7) is 8.33. The highest BCUT2D eigenvalue weighted by atomic mass is 16.2. The van der Waals surface area contributed by atoms with E-state index in [1.165, 1.54) is 17.5 Å². The molecule has 0 radical (unpaired) electrons. The van der Waals surface area contributed by atoms with Crippen LogP contribution in [0, 0.1) is 0 Å². The zero-order valence-corrected chi connectivity index (χ0v) is 14.4. The average molecular weight is 302 g/mol. The minimum Gasteiger partial charge on any atom is -0.341 e. The highest BCUT2D eigenvalue weighted by Crippen LogP contribution is 2.23. The highest BCUT2D eigenvalue weighted by Gasteiger charge is 2.23. The van der Waals surface area contributed by atoms with Gasteiger partial charge in [0, 0.05) is 25.6 Å². The Morgan fingerprint density at radius 3 is 2.45 bits per heavy atom. The fourth-order valence-electron chi connectivity index (χ4n) is 3.16. The molecular weight excluding hydrogens is 272 g/mol. The van der Waals surface area contributed by atoms with Gasteiger partial charge < -0.3 is 10.2 Å². The van der Waals surface area contributed by atoms with E-state index < -0.39 is 0 Å². The number of nitrogens with one attached hydrogen (secondary N) is 1. The van der Waals surface area contributed by atoms with Crippen molar-refractivity contribution in [3.63, 3.8) is 0 Å². The number of likely N-dealkylation sites (tertiary alicyclic amines) is 1. The van der Waals surface area contributed by atoms with E-state index in [0.29, 0.717) is 24.3 Å². The van der Waals surface area contributed by atoms with Crippen LogP contribution in [0.2, 0.25) is 0 Å². The van der Waals surface area contributed by atoms with Crippen LogP contribution in [-0.2, 0) is 4.79 Å². The van der Waals surface area contributed by atoms with Crippen LogP contribution in [-0.4, -0.2) is 37.0 Å². The lowest BCUT2D eigenvalue weighted by Crippen LogP contribution is -2.47. The number of hydrogen-bond acceptors (Lipinski definition) is 2. The summed E-state index contributed by atoms with van der Waals surface area (Å²) >= 11 is 0. The van der Waals surface area contributed by atoms with Gasteiger partial charge in [0.1, 0.15) is 0 Å². The number of likely N-dealkylation sites (N-methyl/N-ethyl adjacent to an activating group) is 1. The maximum atomic E-state index is 12.5. The van der Waals surface area contributed by atoms with Gasteiger partial charge in [-0.1, -0.05) is 45.0 Å². The molecule has 122 valence electrons. The van der Waals surface area contributed by atoms with Crippen molar-refractivity contribution >= 4 is 5.91 Å². The molecule has 2 unspecified atom stereocenters. The minimum absolute atomic E-state index is 0.281. The molecule has 2 rings (SSSR count). The van der Waals surface area contributed by atoms with Gasteiger partial charge in [-0.2, -0.15) is 0 Å². The first-order valence-electron chi connectivity index (χ1n) is 8.56. The molecule has 1 saturated heterocycles. The minimum atomic E-state index is 0.281. The molecule has 1 aromatic carbocycles. The summed E-state index contributed by atoms with van der Waals surface area (Å²) < 4.78 is 0. The fourth-order valence-corrected chi connectivity index (χ4v) is 3.16. The van der Waals surface area contributed by atoms with Crippen molar-refractivity contribution in [2.75, 3.05) is 20.1 Å². The van der Waals surface area contributed by atoms with E-state index in [1.807, 2.05) is 11.9 Å². The van der Waals surface area contributed by atoms with Crippen LogP contribution in [0.1, 0.15) is 63.0 Å². The Morgan fingerprint density at radius 2 is 1.86 bits per heavy atom. The third-order valence-electron chi connectivity index (χ3n) is 4.84. The summed E-state index contributed by atoms with van der Waals surface area (Å²) in [7, 11) is 1.98. The predicted molar refractivity (Wildman–Crippen MR) is 92.2 cm³/mol. The van der Waals surface area contributed by atoms with Gasteiger partial charge in [-0.15, -0.1) is 0 Å². The predicted octanol–water partition coefficient (Wildman–Crippen LogP) is 3.51. The van der Waals surface area contributed by atoms with Crippen LogP contribution < -0.4 is 5.32 Å². The topological polar surface area (TPSA) is 32.3 Å². The van der Waals surface area contributed by atoms with Crippen LogP contribution >= 0.6 is 0 Å². The van der Waals surface area contributed by atoms with Gasteiger partial charge in [0.2, 0.25) is 5.91 Å². The van der Waals surface area contributed by atoms with Crippen LogP contribution in [0.3, 0.4) is 0 Å². The molecular formula is C19H30N2O. The molecule has 1 N–H and O–H groups in total. The molecule has 0 saturated carbocycles. The first-order chi connectivity index (χ1) is 10.5. The van der Waals surface area contributed by atoms with E-state index in [4.69, 9.17) is 0 Å². The number of hydrogen-bond donors (Lipinski definition) is 1. The molecule has 0 aromatic heterocycles. The van der Waals surface area contributed by atoms with E-state index in [9.17, 15) is 4.79 Å². The lowest BCUT2D eigenvalue weighted by atomic mass is 9.93. The van der Waals surface area contributed by atoms with Gasteiger partial charge in [0.15, 0.2) is 0 Å². The summed E-state index contributed by atoms with van der Waals surface area (Å²) in [5.74, 6) is 1.13. The monoisotopic (exact) mass is 302 g/mol. The molecule has 0 spiro atoms. The zero-order valence-electron chi connectivity index (χ0n) is 14.4. The van der Waals surface area contributed by atoms with Crippen molar-refractivity contribution in [3.05, 3.63) is 35.4 Å². The summed E-state index contributed by atoms with van der Waals surface area (Å²) in [6.07, 6.45) is 2.89. The van der Waals surface area contributed by atoms with Crippen molar-refractivity contribution in [1.82, 2.24) is 10.2 Å². The molecule has 0 bridgehead atoms. The number of piperidine rings is 1. The second-order valence-electron chi connectivity index (χ2n) is 6.89. The zero-order chi connectivity index (χ0) is 16.1. The smallest absolute Gasteiger partial charge is 0.223 e. The maximum Gasteiger partial charge on any atom is 0.223 e. The summed E-state index contributed by atoms with van der Waals surface area (Å²) in [4.78, 5) is 14.5. The molecule has 1 aliphatic heterocycles. The lowest BCUT2D eigenvalue weighted by Gasteiger charge is -2.33. The average Bonchev–Trinajstić information content (AvgIpc) is 2.54. The van der Waals surface area contributed by atoms with Gasteiger partial charge in [-0.25, -0.2) is 0 Å². The molecule has 1 aromatic rings. The van der Waals surface area contributed by atoms with Crippen molar-refractivity contribution in [3.8, 4) is 0 Å². The third kappa shape index (κ3) is 4.33. The molecule has 2 atom stereocenters. The van der Waals surface area contributed by atoms with E-state index in [0.717, 1.165) is 19.5 Å². The van der Waals surface area contributed by atoms with Gasteiger partial charge in [0.05, 0.1) is 0 Å².